The Kier molecular flexibility index (Phi) is 8.34. The van der Waals surface area contributed by atoms with E-state index in [4.69, 9.17) is 14.2 Å². The third-order valence-corrected chi connectivity index (χ3v) is 4.98. The lowest BCUT2D eigenvalue weighted by molar-refractivity contribution is 0.0491. The highest BCUT2D eigenvalue weighted by atomic mass is 16.6. The van der Waals surface area contributed by atoms with Crippen molar-refractivity contribution in [3.05, 3.63) is 23.3 Å². The van der Waals surface area contributed by atoms with Gasteiger partial charge in [-0.3, -0.25) is 0 Å². The van der Waals surface area contributed by atoms with Gasteiger partial charge in [-0.2, -0.15) is 0 Å². The standard InChI is InChI=1S/C22H34N2O6/c1-14-18(20(25)26)12-17(29-11-10-28-5)13-19(14)23-15-6-8-16(9-7-15)24-21(27)30-22(2,3)4/h12-13,15-16,23H,6-11H2,1-5H3,(H,24,27)(H,25,26)/t15-,16-. The van der Waals surface area contributed by atoms with Gasteiger partial charge in [0.05, 0.1) is 12.2 Å². The van der Waals surface area contributed by atoms with Gasteiger partial charge in [-0.1, -0.05) is 0 Å². The lowest BCUT2D eigenvalue weighted by atomic mass is 9.90. The molecule has 0 unspecified atom stereocenters. The average molecular weight is 423 g/mol. The Bertz CT molecular complexity index is 736. The second-order valence-corrected chi connectivity index (χ2v) is 8.63. The molecule has 1 fully saturated rings. The fourth-order valence-corrected chi connectivity index (χ4v) is 3.46. The van der Waals surface area contributed by atoms with E-state index in [1.54, 1.807) is 20.1 Å². The number of aromatic carboxylic acids is 1. The molecule has 0 aromatic heterocycles. The predicted molar refractivity (Wildman–Crippen MR) is 115 cm³/mol. The SMILES string of the molecule is COCCOc1cc(N[C@H]2CC[C@H](NC(=O)OC(C)(C)C)CC2)c(C)c(C(=O)O)c1. The van der Waals surface area contributed by atoms with Gasteiger partial charge in [-0.25, -0.2) is 9.59 Å². The summed E-state index contributed by atoms with van der Waals surface area (Å²) in [4.78, 5) is 23.6. The van der Waals surface area contributed by atoms with E-state index in [0.717, 1.165) is 31.4 Å². The Labute approximate surface area is 178 Å². The van der Waals surface area contributed by atoms with Gasteiger partial charge in [0.2, 0.25) is 0 Å². The molecular formula is C22H34N2O6. The molecule has 0 saturated heterocycles. The molecule has 8 nitrogen and oxygen atoms in total. The van der Waals surface area contributed by atoms with Crippen LogP contribution in [0, 0.1) is 6.92 Å². The molecule has 0 spiro atoms. The fourth-order valence-electron chi connectivity index (χ4n) is 3.46. The van der Waals surface area contributed by atoms with E-state index in [1.165, 1.54) is 0 Å². The van der Waals surface area contributed by atoms with E-state index in [0.29, 0.717) is 24.5 Å². The van der Waals surface area contributed by atoms with Crippen LogP contribution < -0.4 is 15.4 Å². The van der Waals surface area contributed by atoms with Crippen molar-refractivity contribution >= 4 is 17.7 Å². The first-order valence-electron chi connectivity index (χ1n) is 10.3. The van der Waals surface area contributed by atoms with Gasteiger partial charge in [0, 0.05) is 30.9 Å². The number of nitrogens with one attached hydrogen (secondary N) is 2. The summed E-state index contributed by atoms with van der Waals surface area (Å²) in [6.07, 6.45) is 2.98. The van der Waals surface area contributed by atoms with Crippen LogP contribution in [0.15, 0.2) is 12.1 Å². The molecule has 0 aliphatic heterocycles. The van der Waals surface area contributed by atoms with E-state index < -0.39 is 11.6 Å². The van der Waals surface area contributed by atoms with Gasteiger partial charge >= 0.3 is 12.1 Å². The van der Waals surface area contributed by atoms with E-state index in [-0.39, 0.29) is 23.7 Å². The Hall–Kier alpha value is -2.48. The number of carbonyl (C=O) groups excluding carboxylic acids is 1. The minimum absolute atomic E-state index is 0.0808. The van der Waals surface area contributed by atoms with Crippen molar-refractivity contribution in [2.75, 3.05) is 25.6 Å². The highest BCUT2D eigenvalue weighted by Gasteiger charge is 2.25. The van der Waals surface area contributed by atoms with Crippen LogP contribution >= 0.6 is 0 Å². The number of methoxy groups -OCH3 is 1. The molecule has 1 amide bonds. The number of amides is 1. The van der Waals surface area contributed by atoms with Crippen LogP contribution in [0.2, 0.25) is 0 Å². The number of hydrogen-bond acceptors (Lipinski definition) is 6. The molecule has 1 aliphatic carbocycles. The number of rotatable bonds is 8. The van der Waals surface area contributed by atoms with E-state index >= 15 is 0 Å². The molecular weight excluding hydrogens is 388 g/mol. The maximum absolute atomic E-state index is 12.0. The number of benzene rings is 1. The van der Waals surface area contributed by atoms with Crippen LogP contribution in [0.5, 0.6) is 5.75 Å². The second kappa shape index (κ2) is 10.5. The second-order valence-electron chi connectivity index (χ2n) is 8.63. The smallest absolute Gasteiger partial charge is 0.407 e. The molecule has 0 bridgehead atoms. The number of alkyl carbamates (subject to hydrolysis) is 1. The largest absolute Gasteiger partial charge is 0.491 e. The van der Waals surface area contributed by atoms with Crippen LogP contribution in [-0.2, 0) is 9.47 Å². The summed E-state index contributed by atoms with van der Waals surface area (Å²) in [5.74, 6) is -0.490. The Morgan fingerprint density at radius 3 is 2.30 bits per heavy atom. The molecule has 30 heavy (non-hydrogen) atoms. The maximum atomic E-state index is 12.0. The van der Waals surface area contributed by atoms with Crippen LogP contribution in [0.3, 0.4) is 0 Å². The summed E-state index contributed by atoms with van der Waals surface area (Å²) >= 11 is 0. The zero-order chi connectivity index (χ0) is 22.3. The molecule has 0 radical (unpaired) electrons. The quantitative estimate of drug-likeness (QED) is 0.544. The minimum atomic E-state index is -0.988. The number of carbonyl (C=O) groups is 2. The predicted octanol–water partition coefficient (Wildman–Crippen LogP) is 3.97. The molecule has 0 atom stereocenters. The van der Waals surface area contributed by atoms with E-state index in [1.807, 2.05) is 26.8 Å². The van der Waals surface area contributed by atoms with Gasteiger partial charge in [-0.05, 0) is 65.0 Å². The number of ether oxygens (including phenoxy) is 3. The van der Waals surface area contributed by atoms with Gasteiger partial charge in [0.15, 0.2) is 0 Å². The summed E-state index contributed by atoms with van der Waals surface area (Å²) in [5.41, 5.74) is 1.13. The summed E-state index contributed by atoms with van der Waals surface area (Å²) in [6.45, 7) is 8.09. The average Bonchev–Trinajstić information content (AvgIpc) is 2.64. The highest BCUT2D eigenvalue weighted by molar-refractivity contribution is 5.92. The normalized spacial score (nSPS) is 19.1. The number of carboxylic acids is 1. The Balaban J connectivity index is 1.98. The van der Waals surface area contributed by atoms with Crippen LogP contribution in [-0.4, -0.2) is 55.2 Å². The molecule has 0 heterocycles. The lowest BCUT2D eigenvalue weighted by Gasteiger charge is -2.31. The molecule has 1 saturated carbocycles. The zero-order valence-electron chi connectivity index (χ0n) is 18.5. The van der Waals surface area contributed by atoms with Crippen molar-refractivity contribution in [2.24, 2.45) is 0 Å². The molecule has 1 aliphatic rings. The number of anilines is 1. The highest BCUT2D eigenvalue weighted by Crippen LogP contribution is 2.30. The van der Waals surface area contributed by atoms with Gasteiger partial charge in [0.1, 0.15) is 18.0 Å². The Morgan fingerprint density at radius 2 is 1.73 bits per heavy atom. The monoisotopic (exact) mass is 422 g/mol. The van der Waals surface area contributed by atoms with Crippen molar-refractivity contribution in [3.8, 4) is 5.75 Å². The van der Waals surface area contributed by atoms with Crippen LogP contribution in [0.1, 0.15) is 62.4 Å². The summed E-state index contributed by atoms with van der Waals surface area (Å²) < 4.78 is 15.9. The first kappa shape index (κ1) is 23.8. The van der Waals surface area contributed by atoms with E-state index in [9.17, 15) is 14.7 Å². The third kappa shape index (κ3) is 7.40. The van der Waals surface area contributed by atoms with Crippen LogP contribution in [0.4, 0.5) is 10.5 Å². The van der Waals surface area contributed by atoms with Gasteiger partial charge in [0.25, 0.3) is 0 Å². The van der Waals surface area contributed by atoms with Gasteiger partial charge in [-0.15, -0.1) is 0 Å². The molecule has 1 aromatic carbocycles. The first-order chi connectivity index (χ1) is 14.1. The maximum Gasteiger partial charge on any atom is 0.407 e. The van der Waals surface area contributed by atoms with Crippen LogP contribution in [0.25, 0.3) is 0 Å². The topological polar surface area (TPSA) is 106 Å². The van der Waals surface area contributed by atoms with Crippen molar-refractivity contribution in [2.45, 2.75) is 71.1 Å². The zero-order valence-corrected chi connectivity index (χ0v) is 18.5. The molecule has 1 aromatic rings. The van der Waals surface area contributed by atoms with Crippen molar-refractivity contribution < 1.29 is 28.9 Å². The molecule has 2 rings (SSSR count). The fraction of sp³-hybridized carbons (Fsp3) is 0.636. The molecule has 3 N–H and O–H groups in total. The minimum Gasteiger partial charge on any atom is -0.491 e. The molecule has 168 valence electrons. The van der Waals surface area contributed by atoms with Crippen molar-refractivity contribution in [1.29, 1.82) is 0 Å². The molecule has 8 heteroatoms. The summed E-state index contributed by atoms with van der Waals surface area (Å²) in [7, 11) is 1.59. The number of hydrogen-bond donors (Lipinski definition) is 3. The van der Waals surface area contributed by atoms with Crippen molar-refractivity contribution in [1.82, 2.24) is 5.32 Å². The third-order valence-electron chi connectivity index (χ3n) is 4.98. The van der Waals surface area contributed by atoms with E-state index in [2.05, 4.69) is 10.6 Å². The Morgan fingerprint density at radius 1 is 1.10 bits per heavy atom. The van der Waals surface area contributed by atoms with Crippen molar-refractivity contribution in [3.63, 3.8) is 0 Å². The lowest BCUT2D eigenvalue weighted by Crippen LogP contribution is -2.42. The summed E-state index contributed by atoms with van der Waals surface area (Å²) in [5, 5.41) is 15.9. The van der Waals surface area contributed by atoms with Gasteiger partial charge < -0.3 is 30.0 Å². The first-order valence-corrected chi connectivity index (χ1v) is 10.3. The number of carboxylic acid groups (broad SMARTS) is 1. The summed E-state index contributed by atoms with van der Waals surface area (Å²) in [6, 6.07) is 3.65.